The van der Waals surface area contributed by atoms with Gasteiger partial charge in [0.2, 0.25) is 0 Å². The third-order valence-electron chi connectivity index (χ3n) is 13.5. The van der Waals surface area contributed by atoms with E-state index in [1.165, 1.54) is 91.0 Å². The van der Waals surface area contributed by atoms with E-state index in [4.69, 9.17) is 4.42 Å². The molecule has 0 unspecified atom stereocenters. The Morgan fingerprint density at radius 1 is 0.571 bits per heavy atom. The number of benzene rings is 5. The van der Waals surface area contributed by atoms with Crippen LogP contribution in [0, 0.1) is 27.7 Å². The molecule has 3 nitrogen and oxygen atoms in total. The first kappa shape index (κ1) is 36.9. The molecule has 0 N–H and O–H groups in total. The monoisotopic (exact) mass is 738 g/mol. The zero-order chi connectivity index (χ0) is 40.0. The van der Waals surface area contributed by atoms with Crippen LogP contribution in [0.1, 0.15) is 127 Å². The van der Waals surface area contributed by atoms with Gasteiger partial charge in [0.25, 0.3) is 6.71 Å². The maximum atomic E-state index is 7.26. The van der Waals surface area contributed by atoms with Gasteiger partial charge in [-0.25, -0.2) is 0 Å². The van der Waals surface area contributed by atoms with Crippen LogP contribution in [0.15, 0.2) is 83.3 Å². The van der Waals surface area contributed by atoms with Crippen LogP contribution in [-0.4, -0.2) is 6.71 Å². The quantitative estimate of drug-likeness (QED) is 0.165. The number of rotatable bonds is 2. The van der Waals surface area contributed by atoms with Crippen molar-refractivity contribution >= 4 is 68.4 Å². The first-order chi connectivity index (χ1) is 26.2. The lowest BCUT2D eigenvalue weighted by atomic mass is 9.35. The first-order valence-electron chi connectivity index (χ1n) is 20.8. The Balaban J connectivity index is 1.42. The zero-order valence-corrected chi connectivity index (χ0v) is 36.3. The molecule has 1 aliphatic carbocycles. The van der Waals surface area contributed by atoms with Crippen molar-refractivity contribution in [3.63, 3.8) is 0 Å². The average molecular weight is 739 g/mol. The highest BCUT2D eigenvalue weighted by Crippen LogP contribution is 2.52. The Bertz CT molecular complexity index is 2580. The van der Waals surface area contributed by atoms with Crippen molar-refractivity contribution in [2.45, 2.75) is 131 Å². The normalized spacial score (nSPS) is 16.8. The molecule has 0 saturated carbocycles. The van der Waals surface area contributed by atoms with E-state index >= 15 is 0 Å². The highest BCUT2D eigenvalue weighted by atomic mass is 16.3. The zero-order valence-electron chi connectivity index (χ0n) is 36.3. The van der Waals surface area contributed by atoms with E-state index in [1.807, 2.05) is 0 Å². The van der Waals surface area contributed by atoms with Crippen LogP contribution in [0.2, 0.25) is 0 Å². The van der Waals surface area contributed by atoms with Crippen LogP contribution >= 0.6 is 0 Å². The van der Waals surface area contributed by atoms with Gasteiger partial charge in [-0.05, 0) is 160 Å². The second-order valence-corrected chi connectivity index (χ2v) is 20.9. The Morgan fingerprint density at radius 2 is 1.14 bits per heavy atom. The van der Waals surface area contributed by atoms with E-state index in [0.717, 1.165) is 28.0 Å². The molecule has 0 bridgehead atoms. The predicted octanol–water partition coefficient (Wildman–Crippen LogP) is 12.7. The van der Waals surface area contributed by atoms with Crippen molar-refractivity contribution in [3.8, 4) is 0 Å². The van der Waals surface area contributed by atoms with Gasteiger partial charge >= 0.3 is 0 Å². The Kier molecular flexibility index (Phi) is 7.85. The first-order valence-corrected chi connectivity index (χ1v) is 20.8. The molecular formula is C52H59BN2O. The highest BCUT2D eigenvalue weighted by molar-refractivity contribution is 7.00. The smallest absolute Gasteiger partial charge is 0.297 e. The van der Waals surface area contributed by atoms with Crippen LogP contribution in [0.3, 0.4) is 0 Å². The second-order valence-electron chi connectivity index (χ2n) is 20.9. The minimum atomic E-state index is -0.0692. The van der Waals surface area contributed by atoms with Crippen molar-refractivity contribution in [2.75, 3.05) is 9.80 Å². The lowest BCUT2D eigenvalue weighted by Gasteiger charge is -2.47. The molecule has 0 radical (unpaired) electrons. The summed E-state index contributed by atoms with van der Waals surface area (Å²) in [6.07, 6.45) is 2.34. The van der Waals surface area contributed by atoms with Gasteiger partial charge in [-0.2, -0.15) is 0 Å². The molecule has 0 atom stereocenters. The molecule has 0 saturated heterocycles. The Labute approximate surface area is 336 Å². The summed E-state index contributed by atoms with van der Waals surface area (Å²) in [6, 6.07) is 31.0. The van der Waals surface area contributed by atoms with E-state index in [2.05, 4.69) is 186 Å². The molecule has 9 rings (SSSR count). The maximum absolute atomic E-state index is 7.26. The third-order valence-corrected chi connectivity index (χ3v) is 13.5. The fourth-order valence-corrected chi connectivity index (χ4v) is 10.1. The van der Waals surface area contributed by atoms with Crippen LogP contribution in [-0.2, 0) is 21.7 Å². The number of nitrogens with zero attached hydrogens (tertiary/aromatic N) is 2. The summed E-state index contributed by atoms with van der Waals surface area (Å²) < 4.78 is 7.26. The van der Waals surface area contributed by atoms with E-state index in [1.54, 1.807) is 0 Å². The van der Waals surface area contributed by atoms with Crippen molar-refractivity contribution in [2.24, 2.45) is 0 Å². The molecule has 6 aromatic rings. The fourth-order valence-electron chi connectivity index (χ4n) is 10.1. The lowest BCUT2D eigenvalue weighted by molar-refractivity contribution is 0.332. The topological polar surface area (TPSA) is 19.6 Å². The Hall–Kier alpha value is -4.70. The van der Waals surface area contributed by atoms with Crippen LogP contribution in [0.25, 0.3) is 11.0 Å². The standard InChI is InChI=1S/C52H59BN2O/c1-30-15-20-37-44(25-30)56-48-47(37)54(36-18-16-34(17-19-36)49(5,6)7)42-23-31(2)24-43-45(42)53(48)40-28-38-39(52(13,14)22-21-51(38,11)12)29-41(40)55(43)46-32(3)26-35(27-33(46)4)50(8,9)10/h15-20,23-29H,21-22H2,1-14H3. The summed E-state index contributed by atoms with van der Waals surface area (Å²) in [4.78, 5) is 5.16. The largest absolute Gasteiger partial charge is 0.468 e. The van der Waals surface area contributed by atoms with Crippen LogP contribution < -0.4 is 26.4 Å². The van der Waals surface area contributed by atoms with E-state index in [-0.39, 0.29) is 28.4 Å². The van der Waals surface area contributed by atoms with Crippen molar-refractivity contribution in [1.82, 2.24) is 0 Å². The molecule has 0 fully saturated rings. The van der Waals surface area contributed by atoms with Crippen molar-refractivity contribution < 1.29 is 4.42 Å². The lowest BCUT2D eigenvalue weighted by Crippen LogP contribution is -2.61. The summed E-state index contributed by atoms with van der Waals surface area (Å²) in [5, 5.41) is 1.16. The highest BCUT2D eigenvalue weighted by Gasteiger charge is 2.49. The summed E-state index contributed by atoms with van der Waals surface area (Å²) in [6.45, 7) is 32.7. The molecule has 1 aromatic heterocycles. The SMILES string of the molecule is Cc1cc2c3c(c1)N(c1ccc(C(C)(C)C)cc1)c1c(oc4cc(C)ccc14)B3c1cc3c(cc1N2c1c(C)cc(C(C)(C)C)cc1C)C(C)(C)CCC3(C)C. The van der Waals surface area contributed by atoms with Crippen molar-refractivity contribution in [3.05, 3.63) is 123 Å². The Morgan fingerprint density at radius 3 is 1.73 bits per heavy atom. The molecule has 3 aliphatic rings. The summed E-state index contributed by atoms with van der Waals surface area (Å²) in [5.74, 6) is 0. The fraction of sp³-hybridized carbons (Fsp3) is 0.385. The average Bonchev–Trinajstić information content (AvgIpc) is 3.47. The minimum absolute atomic E-state index is 0.0508. The van der Waals surface area contributed by atoms with Gasteiger partial charge in [-0.15, -0.1) is 0 Å². The van der Waals surface area contributed by atoms with Crippen LogP contribution in [0.4, 0.5) is 34.1 Å². The number of hydrogen-bond donors (Lipinski definition) is 0. The van der Waals surface area contributed by atoms with Crippen LogP contribution in [0.5, 0.6) is 0 Å². The molecule has 286 valence electrons. The molecule has 56 heavy (non-hydrogen) atoms. The number of hydrogen-bond acceptors (Lipinski definition) is 3. The number of fused-ring (bicyclic) bond motifs is 7. The van der Waals surface area contributed by atoms with Gasteiger partial charge in [0.1, 0.15) is 5.58 Å². The molecular weight excluding hydrogens is 679 g/mol. The van der Waals surface area contributed by atoms with E-state index in [9.17, 15) is 0 Å². The molecule has 4 heteroatoms. The maximum Gasteiger partial charge on any atom is 0.297 e. The van der Waals surface area contributed by atoms with Gasteiger partial charge in [0.05, 0.1) is 17.0 Å². The van der Waals surface area contributed by atoms with Gasteiger partial charge in [0, 0.05) is 28.1 Å². The molecule has 3 heterocycles. The summed E-state index contributed by atoms with van der Waals surface area (Å²) >= 11 is 0. The minimum Gasteiger partial charge on any atom is -0.468 e. The summed E-state index contributed by atoms with van der Waals surface area (Å²) in [5.41, 5.74) is 23.0. The van der Waals surface area contributed by atoms with Gasteiger partial charge in [-0.3, -0.25) is 0 Å². The summed E-state index contributed by atoms with van der Waals surface area (Å²) in [7, 11) is 0. The van der Waals surface area contributed by atoms with Gasteiger partial charge in [0.15, 0.2) is 0 Å². The predicted molar refractivity (Wildman–Crippen MR) is 242 cm³/mol. The number of anilines is 6. The number of furan rings is 1. The molecule has 2 aliphatic heterocycles. The van der Waals surface area contributed by atoms with Gasteiger partial charge in [-0.1, -0.05) is 106 Å². The molecule has 5 aromatic carbocycles. The molecule has 0 spiro atoms. The van der Waals surface area contributed by atoms with E-state index in [0.29, 0.717) is 0 Å². The third kappa shape index (κ3) is 5.45. The molecule has 0 amide bonds. The van der Waals surface area contributed by atoms with E-state index < -0.39 is 0 Å². The van der Waals surface area contributed by atoms with Gasteiger partial charge < -0.3 is 14.2 Å². The second kappa shape index (κ2) is 11.9. The number of aryl methyl sites for hydroxylation is 4. The van der Waals surface area contributed by atoms with Crippen molar-refractivity contribution in [1.29, 1.82) is 0 Å².